The minimum atomic E-state index is 0.409. The van der Waals surface area contributed by atoms with Crippen LogP contribution in [0.3, 0.4) is 0 Å². The molecule has 3 aromatic rings. The van der Waals surface area contributed by atoms with Crippen molar-refractivity contribution >= 4 is 17.6 Å². The molecule has 0 radical (unpaired) electrons. The second kappa shape index (κ2) is 9.40. The Kier molecular flexibility index (Phi) is 6.46. The Morgan fingerprint density at radius 2 is 1.54 bits per heavy atom. The smallest absolute Gasteiger partial charge is 0.231 e. The zero-order chi connectivity index (χ0) is 19.8. The van der Waals surface area contributed by atoms with E-state index in [4.69, 9.17) is 14.2 Å². The van der Waals surface area contributed by atoms with Crippen molar-refractivity contribution in [3.63, 3.8) is 0 Å². The zero-order valence-corrected chi connectivity index (χ0v) is 16.1. The minimum Gasteiger partial charge on any atom is -0.493 e. The van der Waals surface area contributed by atoms with E-state index in [0.717, 1.165) is 13.0 Å². The summed E-state index contributed by atoms with van der Waals surface area (Å²) in [5.41, 5.74) is 1.95. The van der Waals surface area contributed by atoms with Crippen LogP contribution in [0.4, 0.5) is 17.6 Å². The fourth-order valence-electron chi connectivity index (χ4n) is 2.69. The van der Waals surface area contributed by atoms with Crippen LogP contribution in [-0.2, 0) is 6.42 Å². The third kappa shape index (κ3) is 4.79. The highest BCUT2D eigenvalue weighted by Gasteiger charge is 2.14. The van der Waals surface area contributed by atoms with E-state index in [-0.39, 0.29) is 0 Å². The van der Waals surface area contributed by atoms with Crippen molar-refractivity contribution in [3.05, 3.63) is 54.4 Å². The van der Waals surface area contributed by atoms with Crippen LogP contribution in [0.2, 0.25) is 0 Å². The molecular weight excluding hydrogens is 358 g/mol. The predicted molar refractivity (Wildman–Crippen MR) is 108 cm³/mol. The van der Waals surface area contributed by atoms with Crippen LogP contribution >= 0.6 is 0 Å². The van der Waals surface area contributed by atoms with Crippen LogP contribution in [0.25, 0.3) is 0 Å². The largest absolute Gasteiger partial charge is 0.493 e. The van der Waals surface area contributed by atoms with Crippen LogP contribution in [0, 0.1) is 0 Å². The van der Waals surface area contributed by atoms with Gasteiger partial charge in [-0.15, -0.1) is 0 Å². The molecule has 0 spiro atoms. The quantitative estimate of drug-likeness (QED) is 0.583. The predicted octanol–water partition coefficient (Wildman–Crippen LogP) is 3.30. The molecule has 2 aromatic carbocycles. The molecule has 1 heterocycles. The van der Waals surface area contributed by atoms with Crippen molar-refractivity contribution in [2.75, 3.05) is 38.5 Å². The third-order valence-corrected chi connectivity index (χ3v) is 4.03. The maximum Gasteiger partial charge on any atom is 0.231 e. The number of hydrogen-bond acceptors (Lipinski definition) is 8. The van der Waals surface area contributed by atoms with Gasteiger partial charge in [0.25, 0.3) is 0 Å². The molecule has 0 saturated carbocycles. The first kappa shape index (κ1) is 19.2. The summed E-state index contributed by atoms with van der Waals surface area (Å²) in [5, 5.41) is 6.35. The van der Waals surface area contributed by atoms with E-state index < -0.39 is 0 Å². The number of aromatic nitrogens is 3. The van der Waals surface area contributed by atoms with Gasteiger partial charge >= 0.3 is 0 Å². The Morgan fingerprint density at radius 1 is 0.857 bits per heavy atom. The molecule has 28 heavy (non-hydrogen) atoms. The summed E-state index contributed by atoms with van der Waals surface area (Å²) in [4.78, 5) is 12.7. The summed E-state index contributed by atoms with van der Waals surface area (Å²) in [6, 6.07) is 13.8. The summed E-state index contributed by atoms with van der Waals surface area (Å²) in [7, 11) is 4.70. The second-order valence-electron chi connectivity index (χ2n) is 5.83. The highest BCUT2D eigenvalue weighted by Crippen LogP contribution is 2.40. The Bertz CT molecular complexity index is 880. The number of nitrogens with zero attached hydrogens (tertiary/aromatic N) is 3. The van der Waals surface area contributed by atoms with Gasteiger partial charge < -0.3 is 24.8 Å². The molecule has 3 rings (SSSR count). The molecule has 0 amide bonds. The number of nitrogens with one attached hydrogen (secondary N) is 2. The highest BCUT2D eigenvalue weighted by molar-refractivity contribution is 5.65. The van der Waals surface area contributed by atoms with Gasteiger partial charge in [0, 0.05) is 24.4 Å². The maximum absolute atomic E-state index is 5.37. The lowest BCUT2D eigenvalue weighted by atomic mass is 10.1. The summed E-state index contributed by atoms with van der Waals surface area (Å²) >= 11 is 0. The summed E-state index contributed by atoms with van der Waals surface area (Å²) in [6.07, 6.45) is 2.33. The normalized spacial score (nSPS) is 10.2. The molecule has 0 aliphatic rings. The lowest BCUT2D eigenvalue weighted by Crippen LogP contribution is -2.09. The summed E-state index contributed by atoms with van der Waals surface area (Å²) in [6.45, 7) is 0.720. The molecular formula is C20H23N5O3. The molecule has 0 bridgehead atoms. The SMILES string of the molecule is COc1cc(Nc2ncnc(NCCc3ccccc3)n2)cc(OC)c1OC. The van der Waals surface area contributed by atoms with E-state index in [1.165, 1.54) is 11.9 Å². The molecule has 146 valence electrons. The first-order chi connectivity index (χ1) is 13.7. The molecule has 1 aromatic heterocycles. The second-order valence-corrected chi connectivity index (χ2v) is 5.83. The molecule has 0 saturated heterocycles. The molecule has 8 heteroatoms. The van der Waals surface area contributed by atoms with Gasteiger partial charge in [0.1, 0.15) is 6.33 Å². The number of benzene rings is 2. The van der Waals surface area contributed by atoms with Gasteiger partial charge in [-0.25, -0.2) is 9.97 Å². The van der Waals surface area contributed by atoms with Crippen LogP contribution in [0.1, 0.15) is 5.56 Å². The van der Waals surface area contributed by atoms with Gasteiger partial charge in [0.2, 0.25) is 17.6 Å². The maximum atomic E-state index is 5.37. The molecule has 0 unspecified atom stereocenters. The van der Waals surface area contributed by atoms with E-state index in [9.17, 15) is 0 Å². The molecule has 2 N–H and O–H groups in total. The highest BCUT2D eigenvalue weighted by atomic mass is 16.5. The lowest BCUT2D eigenvalue weighted by molar-refractivity contribution is 0.324. The van der Waals surface area contributed by atoms with Gasteiger partial charge in [0.05, 0.1) is 21.3 Å². The molecule has 0 atom stereocenters. The molecule has 0 fully saturated rings. The van der Waals surface area contributed by atoms with Crippen molar-refractivity contribution in [3.8, 4) is 17.2 Å². The fourth-order valence-corrected chi connectivity index (χ4v) is 2.69. The summed E-state index contributed by atoms with van der Waals surface area (Å²) in [5.74, 6) is 2.51. The number of anilines is 3. The van der Waals surface area contributed by atoms with Crippen molar-refractivity contribution in [1.29, 1.82) is 0 Å². The average Bonchev–Trinajstić information content (AvgIpc) is 2.74. The first-order valence-electron chi connectivity index (χ1n) is 8.77. The van der Waals surface area contributed by atoms with E-state index in [0.29, 0.717) is 34.8 Å². The minimum absolute atomic E-state index is 0.409. The van der Waals surface area contributed by atoms with E-state index in [1.807, 2.05) is 18.2 Å². The monoisotopic (exact) mass is 381 g/mol. The summed E-state index contributed by atoms with van der Waals surface area (Å²) < 4.78 is 16.1. The van der Waals surface area contributed by atoms with E-state index in [1.54, 1.807) is 33.5 Å². The van der Waals surface area contributed by atoms with Crippen molar-refractivity contribution in [2.45, 2.75) is 6.42 Å². The Hall–Kier alpha value is -3.55. The Morgan fingerprint density at radius 3 is 2.18 bits per heavy atom. The van der Waals surface area contributed by atoms with Crippen LogP contribution in [0.15, 0.2) is 48.8 Å². The van der Waals surface area contributed by atoms with E-state index in [2.05, 4.69) is 37.7 Å². The van der Waals surface area contributed by atoms with Crippen LogP contribution in [0.5, 0.6) is 17.2 Å². The fraction of sp³-hybridized carbons (Fsp3) is 0.250. The lowest BCUT2D eigenvalue weighted by Gasteiger charge is -2.14. The topological polar surface area (TPSA) is 90.4 Å². The van der Waals surface area contributed by atoms with Crippen LogP contribution in [-0.4, -0.2) is 42.8 Å². The van der Waals surface area contributed by atoms with Gasteiger partial charge in [-0.3, -0.25) is 0 Å². The van der Waals surface area contributed by atoms with Crippen molar-refractivity contribution in [2.24, 2.45) is 0 Å². The standard InChI is InChI=1S/C20H23N5O3/c1-26-16-11-15(12-17(27-2)18(16)28-3)24-20-23-13-22-19(25-20)21-10-9-14-7-5-4-6-8-14/h4-8,11-13H,9-10H2,1-3H3,(H2,21,22,23,24,25). The molecule has 8 nitrogen and oxygen atoms in total. The van der Waals surface area contributed by atoms with Crippen molar-refractivity contribution in [1.82, 2.24) is 15.0 Å². The number of hydrogen-bond donors (Lipinski definition) is 2. The van der Waals surface area contributed by atoms with Gasteiger partial charge in [0.15, 0.2) is 11.5 Å². The van der Waals surface area contributed by atoms with Gasteiger partial charge in [-0.05, 0) is 12.0 Å². The zero-order valence-electron chi connectivity index (χ0n) is 16.1. The Labute approximate surface area is 163 Å². The number of ether oxygens (including phenoxy) is 3. The molecule has 0 aliphatic heterocycles. The Balaban J connectivity index is 1.69. The van der Waals surface area contributed by atoms with Gasteiger partial charge in [-0.1, -0.05) is 30.3 Å². The number of rotatable bonds is 9. The molecule has 0 aliphatic carbocycles. The average molecular weight is 381 g/mol. The first-order valence-corrected chi connectivity index (χ1v) is 8.77. The van der Waals surface area contributed by atoms with E-state index >= 15 is 0 Å². The van der Waals surface area contributed by atoms with Crippen LogP contribution < -0.4 is 24.8 Å². The van der Waals surface area contributed by atoms with Gasteiger partial charge in [-0.2, -0.15) is 4.98 Å². The van der Waals surface area contributed by atoms with Crippen molar-refractivity contribution < 1.29 is 14.2 Å². The third-order valence-electron chi connectivity index (χ3n) is 4.03. The number of methoxy groups -OCH3 is 3.